The van der Waals surface area contributed by atoms with Crippen molar-refractivity contribution in [3.05, 3.63) is 29.7 Å². The molecule has 0 rings (SSSR count). The molecule has 0 heterocycles. The van der Waals surface area contributed by atoms with Crippen LogP contribution in [0.4, 0.5) is 0 Å². The van der Waals surface area contributed by atoms with Crippen LogP contribution in [0.3, 0.4) is 0 Å². The van der Waals surface area contributed by atoms with E-state index >= 15 is 0 Å². The van der Waals surface area contributed by atoms with Gasteiger partial charge in [-0.2, -0.15) is 0 Å². The molecule has 0 aliphatic heterocycles. The van der Waals surface area contributed by atoms with Gasteiger partial charge in [-0.15, -0.1) is 0 Å². The Morgan fingerprint density at radius 1 is 0.263 bits per heavy atom. The average molecular weight is 590 g/mol. The van der Waals surface area contributed by atoms with E-state index < -0.39 is 0 Å². The van der Waals surface area contributed by atoms with E-state index in [-0.39, 0.29) is 227 Å². The predicted octanol–water partition coefficient (Wildman–Crippen LogP) is 8.54. The van der Waals surface area contributed by atoms with Crippen LogP contribution >= 0.6 is 0 Å². The molecule has 0 saturated carbocycles. The zero-order valence-corrected chi connectivity index (χ0v) is 19.7. The first-order valence-corrected chi connectivity index (χ1v) is 1.00. The summed E-state index contributed by atoms with van der Waals surface area (Å²) in [7, 11) is 0. The second-order valence-electron chi connectivity index (χ2n) is 0. The summed E-state index contributed by atoms with van der Waals surface area (Å²) in [6.07, 6.45) is 0. The van der Waals surface area contributed by atoms with Gasteiger partial charge in [-0.1, -0.05) is 80.7 Å². The Morgan fingerprint density at radius 3 is 0.263 bits per heavy atom. The molecule has 0 aliphatic carbocycles. The second-order valence-corrected chi connectivity index (χ2v) is 0. The van der Waals surface area contributed by atoms with Crippen molar-refractivity contribution >= 4 is 0 Å². The molecule has 0 spiro atoms. The first kappa shape index (κ1) is 401. The Kier molecular flexibility index (Phi) is 11100. The molecular formula is C15H54Y4-4. The molecule has 0 bridgehead atoms. The monoisotopic (exact) mass is 590 g/mol. The maximum atomic E-state index is 2.00. The van der Waals surface area contributed by atoms with Crippen LogP contribution < -0.4 is 0 Å². The predicted molar refractivity (Wildman–Crippen MR) is 97.6 cm³/mol. The topological polar surface area (TPSA) is 0 Å². The Morgan fingerprint density at radius 2 is 0.263 bits per heavy atom. The molecule has 0 aromatic carbocycles. The van der Waals surface area contributed by atoms with Crippen LogP contribution in [0.1, 0.15) is 80.7 Å². The van der Waals surface area contributed by atoms with Gasteiger partial charge in [0.2, 0.25) is 0 Å². The standard InChI is InChI=1S/C2H6.9CH4.4CH3.4Y/c1-2;;;;;;;;;;;;;;;;;/h1-2H3;9*1H4;4*1H3;;;;/q;;;;;;;;;;4*-1;;;;. The normalized spacial score (nSPS) is 0.316. The van der Waals surface area contributed by atoms with E-state index in [0.717, 1.165) is 0 Å². The molecule has 0 saturated heterocycles. The molecule has 0 aromatic rings. The molecule has 0 aliphatic rings. The van der Waals surface area contributed by atoms with E-state index in [2.05, 4.69) is 0 Å². The number of hydrogen-bond donors (Lipinski definition) is 0. The van der Waals surface area contributed by atoms with Gasteiger partial charge < -0.3 is 29.7 Å². The first-order valence-electron chi connectivity index (χ1n) is 1.00. The smallest absolute Gasteiger partial charge is 0 e. The second kappa shape index (κ2) is 527. The maximum Gasteiger partial charge on any atom is 0 e. The fourth-order valence-corrected chi connectivity index (χ4v) is 0. The van der Waals surface area contributed by atoms with Crippen LogP contribution in [0.25, 0.3) is 0 Å². The minimum absolute atomic E-state index is 0. The molecule has 0 nitrogen and oxygen atoms in total. The zero-order valence-electron chi connectivity index (χ0n) is 8.31. The Labute approximate surface area is 236 Å². The van der Waals surface area contributed by atoms with Crippen molar-refractivity contribution in [2.75, 3.05) is 0 Å². The van der Waals surface area contributed by atoms with Crippen molar-refractivity contribution in [2.24, 2.45) is 0 Å². The van der Waals surface area contributed by atoms with Gasteiger partial charge in [0, 0.05) is 131 Å². The molecule has 0 amide bonds. The van der Waals surface area contributed by atoms with Crippen molar-refractivity contribution in [3.63, 3.8) is 0 Å². The van der Waals surface area contributed by atoms with Crippen molar-refractivity contribution < 1.29 is 131 Å². The number of rotatable bonds is 0. The summed E-state index contributed by atoms with van der Waals surface area (Å²) in [6.45, 7) is 4.00. The van der Waals surface area contributed by atoms with Gasteiger partial charge in [0.15, 0.2) is 0 Å². The molecule has 0 unspecified atom stereocenters. The third-order valence-corrected chi connectivity index (χ3v) is 0. The van der Waals surface area contributed by atoms with Gasteiger partial charge in [0.05, 0.1) is 0 Å². The maximum absolute atomic E-state index is 2.00. The largest absolute Gasteiger partial charge is 0.358 e. The van der Waals surface area contributed by atoms with E-state index in [9.17, 15) is 0 Å². The van der Waals surface area contributed by atoms with E-state index in [0.29, 0.717) is 0 Å². The molecule has 19 heavy (non-hydrogen) atoms. The molecule has 0 N–H and O–H groups in total. The van der Waals surface area contributed by atoms with E-state index in [1.165, 1.54) is 0 Å². The number of hydrogen-bond acceptors (Lipinski definition) is 0. The van der Waals surface area contributed by atoms with Crippen LogP contribution in [0.2, 0.25) is 0 Å². The average Bonchev–Trinajstić information content (AvgIpc) is 1.00. The van der Waals surface area contributed by atoms with Crippen molar-refractivity contribution in [1.82, 2.24) is 0 Å². The van der Waals surface area contributed by atoms with Crippen LogP contribution in [-0.4, -0.2) is 0 Å². The Hall–Kier alpha value is 4.42. The minimum atomic E-state index is 0. The third-order valence-electron chi connectivity index (χ3n) is 0. The fraction of sp³-hybridized carbons (Fsp3) is 0.733. The Bertz CT molecular complexity index is 14.1. The summed E-state index contributed by atoms with van der Waals surface area (Å²) in [5, 5.41) is 0. The quantitative estimate of drug-likeness (QED) is 0.248. The van der Waals surface area contributed by atoms with Crippen LogP contribution in [-0.2, 0) is 131 Å². The summed E-state index contributed by atoms with van der Waals surface area (Å²) < 4.78 is 0. The Balaban J connectivity index is -0.0000000000368. The summed E-state index contributed by atoms with van der Waals surface area (Å²) >= 11 is 0. The molecule has 0 fully saturated rings. The fourth-order valence-electron chi connectivity index (χ4n) is 0. The van der Waals surface area contributed by atoms with Gasteiger partial charge in [-0.05, 0) is 0 Å². The molecular weight excluding hydrogens is 536 g/mol. The molecule has 0 aromatic heterocycles. The van der Waals surface area contributed by atoms with Gasteiger partial charge in [0.25, 0.3) is 0 Å². The minimum Gasteiger partial charge on any atom is -0.358 e. The van der Waals surface area contributed by atoms with Crippen molar-refractivity contribution in [2.45, 2.75) is 80.7 Å². The SMILES string of the molecule is C.C.C.C.C.C.C.C.C.CC.[CH3-].[CH3-].[CH3-].[CH3-].[Y].[Y].[Y].[Y]. The summed E-state index contributed by atoms with van der Waals surface area (Å²) in [6, 6.07) is 0. The van der Waals surface area contributed by atoms with E-state index in [4.69, 9.17) is 0 Å². The zero-order chi connectivity index (χ0) is 2.00. The summed E-state index contributed by atoms with van der Waals surface area (Å²) in [5.74, 6) is 0. The van der Waals surface area contributed by atoms with Gasteiger partial charge in [0.1, 0.15) is 0 Å². The molecule has 4 heteroatoms. The molecule has 4 radical (unpaired) electrons. The van der Waals surface area contributed by atoms with Crippen molar-refractivity contribution in [3.8, 4) is 0 Å². The van der Waals surface area contributed by atoms with E-state index in [1.54, 1.807) is 0 Å². The first-order chi connectivity index (χ1) is 1.00. The molecule has 0 atom stereocenters. The van der Waals surface area contributed by atoms with Gasteiger partial charge in [-0.3, -0.25) is 0 Å². The van der Waals surface area contributed by atoms with E-state index in [1.807, 2.05) is 13.8 Å². The van der Waals surface area contributed by atoms with Crippen LogP contribution in [0.5, 0.6) is 0 Å². The summed E-state index contributed by atoms with van der Waals surface area (Å²) in [5.41, 5.74) is 0. The summed E-state index contributed by atoms with van der Waals surface area (Å²) in [4.78, 5) is 0. The molecule has 130 valence electrons. The van der Waals surface area contributed by atoms with Crippen LogP contribution in [0, 0.1) is 29.7 Å². The van der Waals surface area contributed by atoms with Gasteiger partial charge in [-0.25, -0.2) is 0 Å². The van der Waals surface area contributed by atoms with Gasteiger partial charge >= 0.3 is 0 Å². The third kappa shape index (κ3) is 479. The van der Waals surface area contributed by atoms with Crippen LogP contribution in [0.15, 0.2) is 0 Å². The van der Waals surface area contributed by atoms with Crippen molar-refractivity contribution in [1.29, 1.82) is 0 Å².